The van der Waals surface area contributed by atoms with Crippen LogP contribution in [-0.4, -0.2) is 37.6 Å². The summed E-state index contributed by atoms with van der Waals surface area (Å²) in [4.78, 5) is 2.29. The normalized spacial score (nSPS) is 29.2. The minimum absolute atomic E-state index is 0.627. The molecule has 1 N–H and O–H groups in total. The number of hydrogen-bond donors (Lipinski definition) is 1. The van der Waals surface area contributed by atoms with Gasteiger partial charge in [-0.2, -0.15) is 0 Å². The number of nitrogens with zero attached hydrogens (tertiary/aromatic N) is 1. The second-order valence-electron chi connectivity index (χ2n) is 7.46. The summed E-state index contributed by atoms with van der Waals surface area (Å²) in [6.45, 7) is 3.54. The fourth-order valence-corrected chi connectivity index (χ4v) is 4.29. The average Bonchev–Trinajstić information content (AvgIpc) is 2.72. The summed E-state index contributed by atoms with van der Waals surface area (Å²) < 4.78 is 0. The molecule has 0 heterocycles. The van der Waals surface area contributed by atoms with Crippen LogP contribution in [0.2, 0.25) is 0 Å². The van der Waals surface area contributed by atoms with Crippen molar-refractivity contribution < 1.29 is 0 Å². The maximum Gasteiger partial charge on any atom is 0.0132 e. The third-order valence-corrected chi connectivity index (χ3v) is 5.49. The lowest BCUT2D eigenvalue weighted by Gasteiger charge is -2.28. The van der Waals surface area contributed by atoms with Crippen molar-refractivity contribution in [1.29, 1.82) is 0 Å². The summed E-state index contributed by atoms with van der Waals surface area (Å²) in [5.74, 6) is 1.70. The van der Waals surface area contributed by atoms with Gasteiger partial charge in [0.1, 0.15) is 0 Å². The Morgan fingerprint density at radius 1 is 1.10 bits per heavy atom. The minimum Gasteiger partial charge on any atom is -0.311 e. The van der Waals surface area contributed by atoms with Gasteiger partial charge in [-0.05, 0) is 82.6 Å². The van der Waals surface area contributed by atoms with Crippen LogP contribution in [-0.2, 0) is 12.8 Å². The van der Waals surface area contributed by atoms with Crippen LogP contribution in [0.5, 0.6) is 0 Å². The monoisotopic (exact) mass is 286 g/mol. The summed E-state index contributed by atoms with van der Waals surface area (Å²) in [6.07, 6.45) is 6.64. The average molecular weight is 286 g/mol. The Balaban J connectivity index is 1.65. The van der Waals surface area contributed by atoms with Crippen molar-refractivity contribution in [2.75, 3.05) is 20.6 Å². The molecule has 0 radical (unpaired) electrons. The topological polar surface area (TPSA) is 15.3 Å². The smallest absolute Gasteiger partial charge is 0.0132 e. The molecular formula is C19H30N2. The van der Waals surface area contributed by atoms with Crippen molar-refractivity contribution in [3.8, 4) is 0 Å². The van der Waals surface area contributed by atoms with E-state index in [0.29, 0.717) is 6.04 Å². The van der Waals surface area contributed by atoms with E-state index in [4.69, 9.17) is 0 Å². The first-order valence-electron chi connectivity index (χ1n) is 8.61. The highest BCUT2D eigenvalue weighted by Gasteiger charge is 2.39. The molecule has 2 nitrogen and oxygen atoms in total. The van der Waals surface area contributed by atoms with E-state index in [2.05, 4.69) is 55.5 Å². The van der Waals surface area contributed by atoms with Crippen molar-refractivity contribution in [1.82, 2.24) is 10.2 Å². The molecule has 0 aromatic heterocycles. The molecule has 0 aliphatic heterocycles. The summed E-state index contributed by atoms with van der Waals surface area (Å²) in [5.41, 5.74) is 3.22. The van der Waals surface area contributed by atoms with E-state index in [0.717, 1.165) is 17.9 Å². The Morgan fingerprint density at radius 2 is 1.67 bits per heavy atom. The van der Waals surface area contributed by atoms with Crippen LogP contribution in [0.4, 0.5) is 0 Å². The molecule has 1 aromatic rings. The molecule has 1 saturated carbocycles. The van der Waals surface area contributed by atoms with Gasteiger partial charge in [0.25, 0.3) is 0 Å². The van der Waals surface area contributed by atoms with Crippen LogP contribution in [0.15, 0.2) is 24.3 Å². The lowest BCUT2D eigenvalue weighted by molar-refractivity contribution is 0.288. The van der Waals surface area contributed by atoms with Gasteiger partial charge in [0.15, 0.2) is 0 Å². The molecule has 0 saturated heterocycles. The van der Waals surface area contributed by atoms with Crippen LogP contribution >= 0.6 is 0 Å². The van der Waals surface area contributed by atoms with E-state index in [-0.39, 0.29) is 0 Å². The Bertz CT molecular complexity index is 435. The predicted molar refractivity (Wildman–Crippen MR) is 89.6 cm³/mol. The van der Waals surface area contributed by atoms with Gasteiger partial charge in [-0.3, -0.25) is 0 Å². The molecule has 1 fully saturated rings. The van der Waals surface area contributed by atoms with Gasteiger partial charge in [-0.15, -0.1) is 0 Å². The molecule has 1 aromatic carbocycles. The van der Waals surface area contributed by atoms with E-state index in [1.54, 1.807) is 11.1 Å². The zero-order valence-electron chi connectivity index (χ0n) is 13.8. The number of hydrogen-bond acceptors (Lipinski definition) is 2. The molecule has 0 amide bonds. The third kappa shape index (κ3) is 3.49. The summed E-state index contributed by atoms with van der Waals surface area (Å²) in [6, 6.07) is 10.5. The summed E-state index contributed by atoms with van der Waals surface area (Å²) in [5, 5.41) is 3.98. The second kappa shape index (κ2) is 6.50. The van der Waals surface area contributed by atoms with E-state index in [9.17, 15) is 0 Å². The first kappa shape index (κ1) is 15.1. The highest BCUT2D eigenvalue weighted by Crippen LogP contribution is 2.40. The predicted octanol–water partition coefficient (Wildman–Crippen LogP) is 3.11. The van der Waals surface area contributed by atoms with Gasteiger partial charge in [0, 0.05) is 12.1 Å². The minimum atomic E-state index is 0.627. The third-order valence-electron chi connectivity index (χ3n) is 5.49. The number of fused-ring (bicyclic) bond motifs is 3. The van der Waals surface area contributed by atoms with Crippen molar-refractivity contribution in [2.24, 2.45) is 11.8 Å². The van der Waals surface area contributed by atoms with Crippen LogP contribution < -0.4 is 5.32 Å². The maximum atomic E-state index is 3.98. The first-order chi connectivity index (χ1) is 10.1. The van der Waals surface area contributed by atoms with Crippen LogP contribution in [0.25, 0.3) is 0 Å². The summed E-state index contributed by atoms with van der Waals surface area (Å²) >= 11 is 0. The number of nitrogens with one attached hydrogen (secondary N) is 1. The standard InChI is InChI=1S/C19H30N2/c1-14(10-11-21(2)3)20-19-17-8-9-18(19)13-16-7-5-4-6-15(16)12-17/h4-7,14,17-20H,8-13H2,1-3H3. The van der Waals surface area contributed by atoms with Crippen molar-refractivity contribution in [3.05, 3.63) is 35.4 Å². The Morgan fingerprint density at radius 3 is 2.19 bits per heavy atom. The van der Waals surface area contributed by atoms with E-state index >= 15 is 0 Å². The van der Waals surface area contributed by atoms with Gasteiger partial charge in [0.2, 0.25) is 0 Å². The van der Waals surface area contributed by atoms with Crippen molar-refractivity contribution in [3.63, 3.8) is 0 Å². The largest absolute Gasteiger partial charge is 0.311 e. The Kier molecular flexibility index (Phi) is 4.66. The molecule has 3 unspecified atom stereocenters. The van der Waals surface area contributed by atoms with Crippen LogP contribution in [0.3, 0.4) is 0 Å². The fourth-order valence-electron chi connectivity index (χ4n) is 4.29. The molecule has 3 rings (SSSR count). The molecule has 2 aliphatic rings. The second-order valence-corrected chi connectivity index (χ2v) is 7.46. The van der Waals surface area contributed by atoms with E-state index in [1.165, 1.54) is 38.6 Å². The van der Waals surface area contributed by atoms with Gasteiger partial charge >= 0.3 is 0 Å². The van der Waals surface area contributed by atoms with Crippen LogP contribution in [0.1, 0.15) is 37.3 Å². The molecule has 2 heteroatoms. The molecule has 2 aliphatic carbocycles. The molecule has 116 valence electrons. The van der Waals surface area contributed by atoms with Crippen LogP contribution in [0, 0.1) is 11.8 Å². The van der Waals surface area contributed by atoms with Gasteiger partial charge in [-0.1, -0.05) is 24.3 Å². The lowest BCUT2D eigenvalue weighted by Crippen LogP contribution is -2.44. The van der Waals surface area contributed by atoms with Crippen molar-refractivity contribution >= 4 is 0 Å². The molecule has 21 heavy (non-hydrogen) atoms. The zero-order valence-corrected chi connectivity index (χ0v) is 13.8. The Hall–Kier alpha value is -0.860. The fraction of sp³-hybridized carbons (Fsp3) is 0.684. The molecule has 0 spiro atoms. The van der Waals surface area contributed by atoms with Gasteiger partial charge in [0.05, 0.1) is 0 Å². The van der Waals surface area contributed by atoms with E-state index in [1.807, 2.05) is 0 Å². The highest BCUT2D eigenvalue weighted by atomic mass is 15.1. The molecule has 2 bridgehead atoms. The number of benzene rings is 1. The quantitative estimate of drug-likeness (QED) is 0.895. The lowest BCUT2D eigenvalue weighted by atomic mass is 9.94. The van der Waals surface area contributed by atoms with E-state index < -0.39 is 0 Å². The number of rotatable bonds is 5. The maximum absolute atomic E-state index is 3.98. The zero-order chi connectivity index (χ0) is 14.8. The van der Waals surface area contributed by atoms with Gasteiger partial charge in [-0.25, -0.2) is 0 Å². The molecule has 3 atom stereocenters. The Labute approximate surface area is 129 Å². The summed E-state index contributed by atoms with van der Waals surface area (Å²) in [7, 11) is 4.33. The molecular weight excluding hydrogens is 256 g/mol. The van der Waals surface area contributed by atoms with Gasteiger partial charge < -0.3 is 10.2 Å². The SMILES string of the molecule is CC(CCN(C)C)NC1C2CCC1Cc1ccccc1C2. The highest BCUT2D eigenvalue weighted by molar-refractivity contribution is 5.30. The van der Waals surface area contributed by atoms with Crippen molar-refractivity contribution in [2.45, 2.75) is 51.1 Å². The first-order valence-corrected chi connectivity index (χ1v) is 8.61.